The molecule has 2 aromatic carbocycles. The second kappa shape index (κ2) is 5.96. The number of benzene rings is 2. The molecule has 0 aliphatic carbocycles. The van der Waals surface area contributed by atoms with E-state index in [-0.39, 0.29) is 16.7 Å². The third-order valence-corrected chi connectivity index (χ3v) is 3.73. The van der Waals surface area contributed by atoms with E-state index in [1.165, 1.54) is 6.07 Å². The molecule has 0 radical (unpaired) electrons. The van der Waals surface area contributed by atoms with E-state index in [9.17, 15) is 13.2 Å². The predicted octanol–water partition coefficient (Wildman–Crippen LogP) is 5.24. The van der Waals surface area contributed by atoms with Crippen LogP contribution < -0.4 is 5.32 Å². The van der Waals surface area contributed by atoms with Crippen molar-refractivity contribution in [2.24, 2.45) is 0 Å². The summed E-state index contributed by atoms with van der Waals surface area (Å²) in [7, 11) is 0. The normalized spacial score (nSPS) is 10.6. The molecule has 0 fully saturated rings. The molecule has 2 aromatic rings. The molecule has 0 aromatic heterocycles. The Morgan fingerprint density at radius 1 is 0.895 bits per heavy atom. The number of rotatable bonds is 3. The Kier molecular flexibility index (Phi) is 4.52. The van der Waals surface area contributed by atoms with Crippen LogP contribution in [0.1, 0.15) is 5.56 Å². The first kappa shape index (κ1) is 14.4. The molecular formula is C13H8Br2F3N. The predicted molar refractivity (Wildman–Crippen MR) is 75.5 cm³/mol. The minimum absolute atomic E-state index is 0.143. The lowest BCUT2D eigenvalue weighted by Crippen LogP contribution is -2.03. The minimum Gasteiger partial charge on any atom is -0.378 e. The summed E-state index contributed by atoms with van der Waals surface area (Å²) in [5.41, 5.74) is 0.793. The fourth-order valence-electron chi connectivity index (χ4n) is 1.55. The zero-order valence-electron chi connectivity index (χ0n) is 9.48. The van der Waals surface area contributed by atoms with Crippen molar-refractivity contribution in [2.45, 2.75) is 6.54 Å². The van der Waals surface area contributed by atoms with Gasteiger partial charge in [-0.2, -0.15) is 0 Å². The molecule has 19 heavy (non-hydrogen) atoms. The van der Waals surface area contributed by atoms with Crippen molar-refractivity contribution in [2.75, 3.05) is 5.32 Å². The van der Waals surface area contributed by atoms with Crippen molar-refractivity contribution in [3.8, 4) is 0 Å². The van der Waals surface area contributed by atoms with Gasteiger partial charge in [-0.05, 0) is 55.6 Å². The summed E-state index contributed by atoms with van der Waals surface area (Å²) >= 11 is 6.13. The van der Waals surface area contributed by atoms with E-state index in [0.29, 0.717) is 10.0 Å². The molecular weight excluding hydrogens is 387 g/mol. The van der Waals surface area contributed by atoms with E-state index in [1.54, 1.807) is 12.1 Å². The van der Waals surface area contributed by atoms with E-state index >= 15 is 0 Å². The highest BCUT2D eigenvalue weighted by Gasteiger charge is 2.09. The fraction of sp³-hybridized carbons (Fsp3) is 0.0769. The summed E-state index contributed by atoms with van der Waals surface area (Å²) in [5.74, 6) is -1.76. The lowest BCUT2D eigenvalue weighted by atomic mass is 10.2. The zero-order valence-corrected chi connectivity index (χ0v) is 12.7. The number of halogens is 5. The SMILES string of the molecule is Fc1cc(F)c(NCc2ccc(Br)c(F)c2)c(Br)c1. The third-order valence-electron chi connectivity index (χ3n) is 2.46. The quantitative estimate of drug-likeness (QED) is 0.750. The van der Waals surface area contributed by atoms with Crippen LogP contribution in [-0.2, 0) is 6.54 Å². The van der Waals surface area contributed by atoms with Gasteiger partial charge < -0.3 is 5.32 Å². The molecule has 0 spiro atoms. The highest BCUT2D eigenvalue weighted by atomic mass is 79.9. The van der Waals surface area contributed by atoms with E-state index in [0.717, 1.165) is 12.1 Å². The van der Waals surface area contributed by atoms with Crippen LogP contribution in [0.25, 0.3) is 0 Å². The number of anilines is 1. The van der Waals surface area contributed by atoms with Crippen LogP contribution in [0.15, 0.2) is 39.3 Å². The van der Waals surface area contributed by atoms with Crippen molar-refractivity contribution in [3.63, 3.8) is 0 Å². The molecule has 1 N–H and O–H groups in total. The van der Waals surface area contributed by atoms with Crippen LogP contribution in [0, 0.1) is 17.5 Å². The molecule has 0 atom stereocenters. The van der Waals surface area contributed by atoms with Gasteiger partial charge in [0.1, 0.15) is 17.5 Å². The zero-order chi connectivity index (χ0) is 14.0. The van der Waals surface area contributed by atoms with E-state index in [1.807, 2.05) is 0 Å². The van der Waals surface area contributed by atoms with Crippen LogP contribution in [0.3, 0.4) is 0 Å². The lowest BCUT2D eigenvalue weighted by molar-refractivity contribution is 0.583. The van der Waals surface area contributed by atoms with Gasteiger partial charge in [-0.15, -0.1) is 0 Å². The topological polar surface area (TPSA) is 12.0 Å². The Labute approximate surface area is 125 Å². The Hall–Kier alpha value is -1.01. The maximum absolute atomic E-state index is 13.5. The number of nitrogens with one attached hydrogen (secondary N) is 1. The standard InChI is InChI=1S/C13H8Br2F3N/c14-9-2-1-7(3-11(9)17)6-19-13-10(15)4-8(16)5-12(13)18/h1-5,19H,6H2. The van der Waals surface area contributed by atoms with Gasteiger partial charge in [0, 0.05) is 17.1 Å². The molecule has 0 unspecified atom stereocenters. The Morgan fingerprint density at radius 3 is 2.26 bits per heavy atom. The lowest BCUT2D eigenvalue weighted by Gasteiger charge is -2.10. The first-order chi connectivity index (χ1) is 8.97. The Morgan fingerprint density at radius 2 is 1.63 bits per heavy atom. The van der Waals surface area contributed by atoms with Crippen molar-refractivity contribution < 1.29 is 13.2 Å². The van der Waals surface area contributed by atoms with E-state index < -0.39 is 17.5 Å². The van der Waals surface area contributed by atoms with Gasteiger partial charge in [0.25, 0.3) is 0 Å². The molecule has 0 amide bonds. The largest absolute Gasteiger partial charge is 0.378 e. The van der Waals surface area contributed by atoms with Gasteiger partial charge in [0.05, 0.1) is 10.2 Å². The van der Waals surface area contributed by atoms with Gasteiger partial charge in [-0.1, -0.05) is 6.07 Å². The van der Waals surface area contributed by atoms with Gasteiger partial charge in [-0.25, -0.2) is 13.2 Å². The molecule has 6 heteroatoms. The minimum atomic E-state index is -0.704. The summed E-state index contributed by atoms with van der Waals surface area (Å²) in [6.45, 7) is 0.228. The maximum Gasteiger partial charge on any atom is 0.150 e. The summed E-state index contributed by atoms with van der Waals surface area (Å²) < 4.78 is 40.4. The summed E-state index contributed by atoms with van der Waals surface area (Å²) in [6.07, 6.45) is 0. The summed E-state index contributed by atoms with van der Waals surface area (Å²) in [4.78, 5) is 0. The highest BCUT2D eigenvalue weighted by Crippen LogP contribution is 2.27. The van der Waals surface area contributed by atoms with E-state index in [2.05, 4.69) is 37.2 Å². The van der Waals surface area contributed by atoms with Gasteiger partial charge >= 0.3 is 0 Å². The number of hydrogen-bond donors (Lipinski definition) is 1. The van der Waals surface area contributed by atoms with Crippen LogP contribution >= 0.6 is 31.9 Å². The summed E-state index contributed by atoms with van der Waals surface area (Å²) in [5, 5.41) is 2.80. The molecule has 0 bridgehead atoms. The van der Waals surface area contributed by atoms with Crippen LogP contribution in [0.5, 0.6) is 0 Å². The average molecular weight is 395 g/mol. The molecule has 100 valence electrons. The summed E-state index contributed by atoms with van der Waals surface area (Å²) in [6, 6.07) is 6.56. The molecule has 2 rings (SSSR count). The van der Waals surface area contributed by atoms with Crippen LogP contribution in [0.2, 0.25) is 0 Å². The van der Waals surface area contributed by atoms with Gasteiger partial charge in [0.15, 0.2) is 0 Å². The van der Waals surface area contributed by atoms with Crippen LogP contribution in [-0.4, -0.2) is 0 Å². The van der Waals surface area contributed by atoms with E-state index in [4.69, 9.17) is 0 Å². The maximum atomic E-state index is 13.5. The van der Waals surface area contributed by atoms with Gasteiger partial charge in [0.2, 0.25) is 0 Å². The second-order valence-corrected chi connectivity index (χ2v) is 5.56. The molecule has 0 aliphatic rings. The molecule has 1 nitrogen and oxygen atoms in total. The number of hydrogen-bond acceptors (Lipinski definition) is 1. The van der Waals surface area contributed by atoms with Crippen molar-refractivity contribution in [1.29, 1.82) is 0 Å². The third kappa shape index (κ3) is 3.51. The fourth-order valence-corrected chi connectivity index (χ4v) is 2.35. The van der Waals surface area contributed by atoms with Crippen molar-refractivity contribution >= 4 is 37.5 Å². The monoisotopic (exact) mass is 393 g/mol. The molecule has 0 aliphatic heterocycles. The Bertz CT molecular complexity index is 594. The first-order valence-electron chi connectivity index (χ1n) is 5.29. The van der Waals surface area contributed by atoms with Crippen LogP contribution in [0.4, 0.5) is 18.9 Å². The van der Waals surface area contributed by atoms with Crippen molar-refractivity contribution in [3.05, 3.63) is 62.3 Å². The van der Waals surface area contributed by atoms with Crippen molar-refractivity contribution in [1.82, 2.24) is 0 Å². The second-order valence-electron chi connectivity index (χ2n) is 3.85. The first-order valence-corrected chi connectivity index (χ1v) is 6.88. The average Bonchev–Trinajstić information content (AvgIpc) is 2.32. The molecule has 0 heterocycles. The Balaban J connectivity index is 2.16. The van der Waals surface area contributed by atoms with Gasteiger partial charge in [-0.3, -0.25) is 0 Å². The smallest absolute Gasteiger partial charge is 0.150 e. The highest BCUT2D eigenvalue weighted by molar-refractivity contribution is 9.10. The molecule has 0 saturated carbocycles. The molecule has 0 saturated heterocycles.